The highest BCUT2D eigenvalue weighted by atomic mass is 19.1. The number of aromatic nitrogens is 1. The largest absolute Gasteiger partial charge is 0.396 e. The second-order valence-electron chi connectivity index (χ2n) is 5.89. The first-order valence-electron chi connectivity index (χ1n) is 8.16. The van der Waals surface area contributed by atoms with Gasteiger partial charge in [-0.1, -0.05) is 30.3 Å². The lowest BCUT2D eigenvalue weighted by atomic mass is 9.96. The summed E-state index contributed by atoms with van der Waals surface area (Å²) in [5.41, 5.74) is 2.09. The average Bonchev–Trinajstić information content (AvgIpc) is 2.65. The molecule has 0 bridgehead atoms. The molecule has 0 aliphatic rings. The van der Waals surface area contributed by atoms with E-state index in [1.165, 1.54) is 18.3 Å². The number of nitrogens with one attached hydrogen (secondary N) is 1. The zero-order valence-electron chi connectivity index (χ0n) is 13.7. The standard InChI is InChI=1S/C20H19FN2O2/c21-18-6-7-19-16(11-18)10-17(13-22-19)20(25)23-12-15(8-9-24)14-4-2-1-3-5-14/h1-7,10-11,13,15,24H,8-9,12H2,(H,23,25)/t15-/m0/s1. The molecule has 0 saturated carbocycles. The minimum Gasteiger partial charge on any atom is -0.396 e. The molecule has 5 heteroatoms. The van der Waals surface area contributed by atoms with Crippen molar-refractivity contribution in [3.63, 3.8) is 0 Å². The maximum atomic E-state index is 13.3. The number of hydrogen-bond acceptors (Lipinski definition) is 3. The molecule has 0 unspecified atom stereocenters. The first-order valence-corrected chi connectivity index (χ1v) is 8.16. The molecule has 1 amide bonds. The van der Waals surface area contributed by atoms with E-state index in [0.717, 1.165) is 5.56 Å². The third-order valence-electron chi connectivity index (χ3n) is 4.16. The highest BCUT2D eigenvalue weighted by Gasteiger charge is 2.14. The SMILES string of the molecule is O=C(NC[C@H](CCO)c1ccccc1)c1cnc2ccc(F)cc2c1. The molecule has 0 aliphatic carbocycles. The number of rotatable bonds is 6. The summed E-state index contributed by atoms with van der Waals surface area (Å²) in [5.74, 6) is -0.600. The van der Waals surface area contributed by atoms with Crippen LogP contribution in [0.3, 0.4) is 0 Å². The van der Waals surface area contributed by atoms with E-state index < -0.39 is 0 Å². The van der Waals surface area contributed by atoms with Gasteiger partial charge in [0.1, 0.15) is 5.82 Å². The second kappa shape index (κ2) is 7.85. The van der Waals surface area contributed by atoms with Gasteiger partial charge in [0.15, 0.2) is 0 Å². The van der Waals surface area contributed by atoms with Crippen LogP contribution in [-0.2, 0) is 0 Å². The van der Waals surface area contributed by atoms with Crippen LogP contribution in [0.25, 0.3) is 10.9 Å². The highest BCUT2D eigenvalue weighted by Crippen LogP contribution is 2.19. The zero-order chi connectivity index (χ0) is 17.6. The van der Waals surface area contributed by atoms with E-state index in [4.69, 9.17) is 0 Å². The van der Waals surface area contributed by atoms with Crippen LogP contribution in [0.4, 0.5) is 4.39 Å². The summed E-state index contributed by atoms with van der Waals surface area (Å²) in [6, 6.07) is 15.7. The fourth-order valence-corrected chi connectivity index (χ4v) is 2.81. The lowest BCUT2D eigenvalue weighted by Crippen LogP contribution is -2.29. The average molecular weight is 338 g/mol. The number of fused-ring (bicyclic) bond motifs is 1. The summed E-state index contributed by atoms with van der Waals surface area (Å²) in [5, 5.41) is 12.7. The second-order valence-corrected chi connectivity index (χ2v) is 5.89. The summed E-state index contributed by atoms with van der Waals surface area (Å²) in [6.07, 6.45) is 2.05. The van der Waals surface area contributed by atoms with Gasteiger partial charge in [0.05, 0.1) is 11.1 Å². The van der Waals surface area contributed by atoms with Crippen molar-refractivity contribution in [2.45, 2.75) is 12.3 Å². The lowest BCUT2D eigenvalue weighted by Gasteiger charge is -2.17. The molecular formula is C20H19FN2O2. The van der Waals surface area contributed by atoms with Gasteiger partial charge >= 0.3 is 0 Å². The Hall–Kier alpha value is -2.79. The lowest BCUT2D eigenvalue weighted by molar-refractivity contribution is 0.0949. The molecule has 1 aromatic heterocycles. The summed E-state index contributed by atoms with van der Waals surface area (Å²) in [4.78, 5) is 16.6. The third kappa shape index (κ3) is 4.19. The number of halogens is 1. The van der Waals surface area contributed by atoms with E-state index in [9.17, 15) is 14.3 Å². The van der Waals surface area contributed by atoms with E-state index in [1.54, 1.807) is 12.1 Å². The molecule has 0 radical (unpaired) electrons. The summed E-state index contributed by atoms with van der Waals surface area (Å²) < 4.78 is 13.3. The number of benzene rings is 2. The normalized spacial score (nSPS) is 12.1. The number of hydrogen-bond donors (Lipinski definition) is 2. The minimum absolute atomic E-state index is 0.0287. The molecule has 0 aliphatic heterocycles. The Bertz CT molecular complexity index is 868. The first-order chi connectivity index (χ1) is 12.2. The van der Waals surface area contributed by atoms with Crippen LogP contribution in [0.15, 0.2) is 60.8 Å². The van der Waals surface area contributed by atoms with Crippen molar-refractivity contribution in [2.24, 2.45) is 0 Å². The molecule has 1 heterocycles. The monoisotopic (exact) mass is 338 g/mol. The van der Waals surface area contributed by atoms with Gasteiger partial charge in [-0.3, -0.25) is 9.78 Å². The molecule has 0 spiro atoms. The van der Waals surface area contributed by atoms with Crippen LogP contribution in [0.1, 0.15) is 28.3 Å². The summed E-state index contributed by atoms with van der Waals surface area (Å²) in [7, 11) is 0. The summed E-state index contributed by atoms with van der Waals surface area (Å²) >= 11 is 0. The predicted octanol–water partition coefficient (Wildman–Crippen LogP) is 3.27. The predicted molar refractivity (Wildman–Crippen MR) is 94.9 cm³/mol. The quantitative estimate of drug-likeness (QED) is 0.725. The maximum absolute atomic E-state index is 13.3. The van der Waals surface area contributed by atoms with E-state index in [0.29, 0.717) is 29.4 Å². The number of carbonyl (C=O) groups is 1. The van der Waals surface area contributed by atoms with E-state index in [1.807, 2.05) is 30.3 Å². The van der Waals surface area contributed by atoms with Gasteiger partial charge in [0.2, 0.25) is 0 Å². The Morgan fingerprint density at radius 2 is 1.96 bits per heavy atom. The molecule has 2 N–H and O–H groups in total. The van der Waals surface area contributed by atoms with Gasteiger partial charge < -0.3 is 10.4 Å². The van der Waals surface area contributed by atoms with Gasteiger partial charge in [-0.15, -0.1) is 0 Å². The van der Waals surface area contributed by atoms with Gasteiger partial charge in [-0.05, 0) is 36.2 Å². The van der Waals surface area contributed by atoms with Crippen molar-refractivity contribution in [1.82, 2.24) is 10.3 Å². The van der Waals surface area contributed by atoms with Crippen molar-refractivity contribution in [3.8, 4) is 0 Å². The van der Waals surface area contributed by atoms with Crippen molar-refractivity contribution < 1.29 is 14.3 Å². The fourth-order valence-electron chi connectivity index (χ4n) is 2.81. The molecular weight excluding hydrogens is 319 g/mol. The van der Waals surface area contributed by atoms with Crippen molar-refractivity contribution in [1.29, 1.82) is 0 Å². The van der Waals surface area contributed by atoms with Crippen LogP contribution in [0, 0.1) is 5.82 Å². The highest BCUT2D eigenvalue weighted by molar-refractivity contribution is 5.97. The van der Waals surface area contributed by atoms with Crippen LogP contribution in [-0.4, -0.2) is 29.1 Å². The van der Waals surface area contributed by atoms with E-state index >= 15 is 0 Å². The van der Waals surface area contributed by atoms with Crippen LogP contribution in [0.5, 0.6) is 0 Å². The number of pyridine rings is 1. The first kappa shape index (κ1) is 17.0. The number of nitrogens with zero attached hydrogens (tertiary/aromatic N) is 1. The fraction of sp³-hybridized carbons (Fsp3) is 0.200. The molecule has 25 heavy (non-hydrogen) atoms. The Kier molecular flexibility index (Phi) is 5.36. The van der Waals surface area contributed by atoms with Crippen molar-refractivity contribution >= 4 is 16.8 Å². The number of carbonyl (C=O) groups excluding carboxylic acids is 1. The molecule has 2 aromatic carbocycles. The topological polar surface area (TPSA) is 62.2 Å². The van der Waals surface area contributed by atoms with Crippen LogP contribution >= 0.6 is 0 Å². The molecule has 3 aromatic rings. The third-order valence-corrected chi connectivity index (χ3v) is 4.16. The Labute approximate surface area is 145 Å². The molecule has 3 rings (SSSR count). The molecule has 0 fully saturated rings. The number of aliphatic hydroxyl groups excluding tert-OH is 1. The van der Waals surface area contributed by atoms with Crippen molar-refractivity contribution in [2.75, 3.05) is 13.2 Å². The smallest absolute Gasteiger partial charge is 0.252 e. The maximum Gasteiger partial charge on any atom is 0.252 e. The van der Waals surface area contributed by atoms with Gasteiger partial charge in [-0.25, -0.2) is 4.39 Å². The van der Waals surface area contributed by atoms with Crippen LogP contribution in [0.2, 0.25) is 0 Å². The Morgan fingerprint density at radius 1 is 1.16 bits per heavy atom. The molecule has 4 nitrogen and oxygen atoms in total. The molecule has 1 atom stereocenters. The zero-order valence-corrected chi connectivity index (χ0v) is 13.7. The number of aliphatic hydroxyl groups is 1. The summed E-state index contributed by atoms with van der Waals surface area (Å²) in [6.45, 7) is 0.455. The number of amides is 1. The van der Waals surface area contributed by atoms with E-state index in [2.05, 4.69) is 10.3 Å². The minimum atomic E-state index is -0.362. The van der Waals surface area contributed by atoms with Crippen molar-refractivity contribution in [3.05, 3.63) is 77.7 Å². The van der Waals surface area contributed by atoms with Gasteiger partial charge in [0, 0.05) is 30.7 Å². The van der Waals surface area contributed by atoms with Gasteiger partial charge in [0.25, 0.3) is 5.91 Å². The molecule has 0 saturated heterocycles. The Morgan fingerprint density at radius 3 is 2.72 bits per heavy atom. The van der Waals surface area contributed by atoms with Crippen LogP contribution < -0.4 is 5.32 Å². The molecule has 128 valence electrons. The Balaban J connectivity index is 1.72. The van der Waals surface area contributed by atoms with Gasteiger partial charge in [-0.2, -0.15) is 0 Å². The van der Waals surface area contributed by atoms with E-state index in [-0.39, 0.29) is 24.2 Å².